The van der Waals surface area contributed by atoms with Crippen LogP contribution < -0.4 is 10.5 Å². The molecule has 0 saturated heterocycles. The van der Waals surface area contributed by atoms with Crippen molar-refractivity contribution in [3.8, 4) is 5.75 Å². The fraction of sp³-hybridized carbons (Fsp3) is 0.143. The minimum atomic E-state index is -1.06. The van der Waals surface area contributed by atoms with E-state index in [1.54, 1.807) is 6.07 Å². The quantitative estimate of drug-likeness (QED) is 0.923. The van der Waals surface area contributed by atoms with Gasteiger partial charge in [0.25, 0.3) is 0 Å². The molecule has 0 heterocycles. The topological polar surface area (TPSA) is 35.2 Å². The Kier molecular flexibility index (Phi) is 4.06. The Morgan fingerprint density at radius 2 is 1.74 bits per heavy atom. The van der Waals surface area contributed by atoms with Gasteiger partial charge in [-0.05, 0) is 35.4 Å². The summed E-state index contributed by atoms with van der Waals surface area (Å²) in [5.41, 5.74) is 6.54. The maximum Gasteiger partial charge on any atom is 0.200 e. The summed E-state index contributed by atoms with van der Waals surface area (Å²) in [7, 11) is 0. The summed E-state index contributed by atoms with van der Waals surface area (Å²) in [5, 5.41) is 0. The second-order valence-electron chi connectivity index (χ2n) is 4.01. The van der Waals surface area contributed by atoms with Crippen molar-refractivity contribution in [2.24, 2.45) is 5.73 Å². The fourth-order valence-corrected chi connectivity index (χ4v) is 1.68. The van der Waals surface area contributed by atoms with E-state index in [4.69, 9.17) is 10.5 Å². The molecule has 5 heteroatoms. The van der Waals surface area contributed by atoms with Gasteiger partial charge in [-0.3, -0.25) is 0 Å². The van der Waals surface area contributed by atoms with Gasteiger partial charge in [0, 0.05) is 6.54 Å². The predicted octanol–water partition coefficient (Wildman–Crippen LogP) is 3.14. The Hall–Kier alpha value is -2.01. The second kappa shape index (κ2) is 5.75. The van der Waals surface area contributed by atoms with Gasteiger partial charge in [-0.15, -0.1) is 0 Å². The van der Waals surface area contributed by atoms with Crippen LogP contribution in [-0.4, -0.2) is 0 Å². The molecule has 0 fully saturated rings. The zero-order valence-corrected chi connectivity index (χ0v) is 10.00. The number of hydrogen-bond acceptors (Lipinski definition) is 2. The molecule has 2 rings (SSSR count). The van der Waals surface area contributed by atoms with E-state index in [0.29, 0.717) is 11.1 Å². The SMILES string of the molecule is NCc1cc(F)cc(COc2cccc(F)c2F)c1. The number of halogens is 3. The molecule has 0 radical (unpaired) electrons. The van der Waals surface area contributed by atoms with Crippen LogP contribution in [0.5, 0.6) is 5.75 Å². The van der Waals surface area contributed by atoms with Crippen molar-refractivity contribution in [3.63, 3.8) is 0 Å². The van der Waals surface area contributed by atoms with Gasteiger partial charge >= 0.3 is 0 Å². The maximum atomic E-state index is 13.3. The van der Waals surface area contributed by atoms with Crippen molar-refractivity contribution < 1.29 is 17.9 Å². The van der Waals surface area contributed by atoms with Crippen LogP contribution in [-0.2, 0) is 13.2 Å². The van der Waals surface area contributed by atoms with E-state index in [1.807, 2.05) is 0 Å². The minimum absolute atomic E-state index is 0.0644. The largest absolute Gasteiger partial charge is 0.486 e. The number of ether oxygens (including phenoxy) is 1. The molecule has 2 N–H and O–H groups in total. The van der Waals surface area contributed by atoms with Crippen molar-refractivity contribution in [2.75, 3.05) is 0 Å². The number of benzene rings is 2. The molecule has 2 aromatic carbocycles. The summed E-state index contributed by atoms with van der Waals surface area (Å²) >= 11 is 0. The summed E-state index contributed by atoms with van der Waals surface area (Å²) < 4.78 is 44.7. The van der Waals surface area contributed by atoms with Crippen LogP contribution in [0.1, 0.15) is 11.1 Å². The molecule has 0 bridgehead atoms. The smallest absolute Gasteiger partial charge is 0.200 e. The van der Waals surface area contributed by atoms with Crippen molar-refractivity contribution >= 4 is 0 Å². The van der Waals surface area contributed by atoms with Crippen LogP contribution in [0.15, 0.2) is 36.4 Å². The lowest BCUT2D eigenvalue weighted by Crippen LogP contribution is -2.02. The van der Waals surface area contributed by atoms with Crippen molar-refractivity contribution in [2.45, 2.75) is 13.2 Å². The lowest BCUT2D eigenvalue weighted by atomic mass is 10.1. The zero-order chi connectivity index (χ0) is 13.8. The highest BCUT2D eigenvalue weighted by molar-refractivity contribution is 5.27. The van der Waals surface area contributed by atoms with E-state index in [9.17, 15) is 13.2 Å². The van der Waals surface area contributed by atoms with Gasteiger partial charge in [0.05, 0.1) is 0 Å². The van der Waals surface area contributed by atoms with E-state index in [2.05, 4.69) is 0 Å². The molecule has 2 nitrogen and oxygen atoms in total. The third-order valence-electron chi connectivity index (χ3n) is 2.56. The Balaban J connectivity index is 2.14. The molecule has 0 amide bonds. The lowest BCUT2D eigenvalue weighted by Gasteiger charge is -2.09. The number of hydrogen-bond donors (Lipinski definition) is 1. The zero-order valence-electron chi connectivity index (χ0n) is 10.00. The summed E-state index contributed by atoms with van der Waals surface area (Å²) in [5.74, 6) is -2.70. The first-order chi connectivity index (χ1) is 9.10. The van der Waals surface area contributed by atoms with E-state index < -0.39 is 17.5 Å². The predicted molar refractivity (Wildman–Crippen MR) is 65.0 cm³/mol. The van der Waals surface area contributed by atoms with Gasteiger partial charge in [0.1, 0.15) is 12.4 Å². The van der Waals surface area contributed by atoms with Crippen LogP contribution in [0.25, 0.3) is 0 Å². The third kappa shape index (κ3) is 3.26. The molecule has 0 aliphatic heterocycles. The van der Waals surface area contributed by atoms with E-state index in [1.165, 1.54) is 24.3 Å². The molecule has 0 aromatic heterocycles. The molecule has 0 saturated carbocycles. The molecule has 100 valence electrons. The molecule has 19 heavy (non-hydrogen) atoms. The molecule has 0 unspecified atom stereocenters. The van der Waals surface area contributed by atoms with Crippen LogP contribution in [0.4, 0.5) is 13.2 Å². The first kappa shape index (κ1) is 13.4. The van der Waals surface area contributed by atoms with Crippen LogP contribution >= 0.6 is 0 Å². The summed E-state index contributed by atoms with van der Waals surface area (Å²) in [6.07, 6.45) is 0. The fourth-order valence-electron chi connectivity index (χ4n) is 1.68. The van der Waals surface area contributed by atoms with Gasteiger partial charge in [0.15, 0.2) is 11.6 Å². The highest BCUT2D eigenvalue weighted by Crippen LogP contribution is 2.20. The van der Waals surface area contributed by atoms with Crippen molar-refractivity contribution in [3.05, 3.63) is 65.0 Å². The van der Waals surface area contributed by atoms with Gasteiger partial charge in [-0.25, -0.2) is 8.78 Å². The standard InChI is InChI=1S/C14H12F3NO/c15-11-5-9(7-18)4-10(6-11)8-19-13-3-1-2-12(16)14(13)17/h1-6H,7-8,18H2. The van der Waals surface area contributed by atoms with Gasteiger partial charge < -0.3 is 10.5 Å². The Bertz CT molecular complexity index is 587. The molecule has 0 spiro atoms. The van der Waals surface area contributed by atoms with Crippen LogP contribution in [0.2, 0.25) is 0 Å². The van der Waals surface area contributed by atoms with Crippen molar-refractivity contribution in [1.29, 1.82) is 0 Å². The van der Waals surface area contributed by atoms with E-state index in [-0.39, 0.29) is 18.9 Å². The monoisotopic (exact) mass is 267 g/mol. The highest BCUT2D eigenvalue weighted by Gasteiger charge is 2.09. The maximum absolute atomic E-state index is 13.3. The molecule has 0 aliphatic rings. The average molecular weight is 267 g/mol. The number of rotatable bonds is 4. The lowest BCUT2D eigenvalue weighted by molar-refractivity contribution is 0.284. The van der Waals surface area contributed by atoms with Gasteiger partial charge in [0.2, 0.25) is 5.82 Å². The Morgan fingerprint density at radius 1 is 1.00 bits per heavy atom. The molecular weight excluding hydrogens is 255 g/mol. The van der Waals surface area contributed by atoms with Gasteiger partial charge in [-0.1, -0.05) is 12.1 Å². The Labute approximate surface area is 108 Å². The second-order valence-corrected chi connectivity index (χ2v) is 4.01. The average Bonchev–Trinajstić information content (AvgIpc) is 2.40. The molecule has 2 aromatic rings. The summed E-state index contributed by atoms with van der Waals surface area (Å²) in [6, 6.07) is 7.87. The first-order valence-electron chi connectivity index (χ1n) is 5.65. The van der Waals surface area contributed by atoms with Crippen molar-refractivity contribution in [1.82, 2.24) is 0 Å². The Morgan fingerprint density at radius 3 is 2.47 bits per heavy atom. The third-order valence-corrected chi connectivity index (χ3v) is 2.56. The molecule has 0 aliphatic carbocycles. The molecular formula is C14H12F3NO. The first-order valence-corrected chi connectivity index (χ1v) is 5.65. The van der Waals surface area contributed by atoms with E-state index >= 15 is 0 Å². The summed E-state index contributed by atoms with van der Waals surface area (Å²) in [6.45, 7) is 0.129. The van der Waals surface area contributed by atoms with E-state index in [0.717, 1.165) is 6.07 Å². The normalized spacial score (nSPS) is 10.5. The minimum Gasteiger partial charge on any atom is -0.486 e. The van der Waals surface area contributed by atoms with Gasteiger partial charge in [-0.2, -0.15) is 4.39 Å². The molecule has 0 atom stereocenters. The summed E-state index contributed by atoms with van der Waals surface area (Å²) in [4.78, 5) is 0. The highest BCUT2D eigenvalue weighted by atomic mass is 19.2. The van der Waals surface area contributed by atoms with Crippen LogP contribution in [0, 0.1) is 17.5 Å². The number of nitrogens with two attached hydrogens (primary N) is 1. The van der Waals surface area contributed by atoms with Crippen LogP contribution in [0.3, 0.4) is 0 Å².